The normalized spacial score (nSPS) is 12.0. The molecule has 90 heavy (non-hydrogen) atoms. The molecule has 0 spiro atoms. The van der Waals surface area contributed by atoms with Crippen molar-refractivity contribution in [3.8, 4) is 67.8 Å². The number of aryl methyl sites for hydroxylation is 8. The standard InChI is InChI=1S/C83H63N7/c1-48-21-29-69-59(38-48)60-39-49(2)22-30-70(60)87(69)79-77(58-20-15-37-84-47-58)78(68-46-67(56-16-11-9-12-17-56)85-83(86-68)57-18-13-10-14-19-57)80(88-71-31-23-50(3)40-61(71)62-41-51(4)24-32-72(62)88)82(90-75-35-27-54(7)44-65(75)66-45-55(8)28-36-76(66)90)81(79)89-73-33-25-52(5)42-63(73)64-43-53(6)26-34-74(64)89/h9-47H,1-8H3. The highest BCUT2D eigenvalue weighted by Crippen LogP contribution is 2.55. The molecule has 430 valence electrons. The summed E-state index contributed by atoms with van der Waals surface area (Å²) in [5.74, 6) is 0.620. The lowest BCUT2D eigenvalue weighted by molar-refractivity contribution is 1.02. The number of fused-ring (bicyclic) bond motifs is 12. The first kappa shape index (κ1) is 53.1. The molecule has 0 atom stereocenters. The quantitative estimate of drug-likeness (QED) is 0.152. The Labute approximate surface area is 522 Å². The minimum Gasteiger partial charge on any atom is -0.306 e. The van der Waals surface area contributed by atoms with Crippen LogP contribution in [0.25, 0.3) is 155 Å². The summed E-state index contributed by atoms with van der Waals surface area (Å²) in [6.07, 6.45) is 3.96. The van der Waals surface area contributed by atoms with Crippen LogP contribution in [0.4, 0.5) is 0 Å². The molecule has 0 N–H and O–H groups in total. The number of benzene rings is 11. The van der Waals surface area contributed by atoms with Crippen LogP contribution < -0.4 is 0 Å². The monoisotopic (exact) mass is 1160 g/mol. The molecular formula is C83H63N7. The smallest absolute Gasteiger partial charge is 0.160 e. The molecule has 17 rings (SSSR count). The van der Waals surface area contributed by atoms with E-state index in [2.05, 4.69) is 304 Å². The Kier molecular flexibility index (Phi) is 11.9. The largest absolute Gasteiger partial charge is 0.306 e. The summed E-state index contributed by atoms with van der Waals surface area (Å²) >= 11 is 0. The molecule has 0 fully saturated rings. The van der Waals surface area contributed by atoms with E-state index < -0.39 is 0 Å². The van der Waals surface area contributed by atoms with Crippen LogP contribution in [0.2, 0.25) is 0 Å². The summed E-state index contributed by atoms with van der Waals surface area (Å²) in [5.41, 5.74) is 28.4. The molecule has 0 saturated heterocycles. The van der Waals surface area contributed by atoms with E-state index in [0.717, 1.165) is 106 Å². The maximum atomic E-state index is 6.03. The highest BCUT2D eigenvalue weighted by molar-refractivity contribution is 6.19. The fourth-order valence-corrected chi connectivity index (χ4v) is 14.6. The molecule has 0 bridgehead atoms. The van der Waals surface area contributed by atoms with Crippen LogP contribution in [-0.4, -0.2) is 33.2 Å². The molecule has 0 amide bonds. The lowest BCUT2D eigenvalue weighted by Gasteiger charge is -2.31. The van der Waals surface area contributed by atoms with Crippen LogP contribution in [0.3, 0.4) is 0 Å². The van der Waals surface area contributed by atoms with E-state index in [-0.39, 0.29) is 0 Å². The first-order chi connectivity index (χ1) is 43.9. The van der Waals surface area contributed by atoms with E-state index in [0.29, 0.717) is 5.82 Å². The Morgan fingerprint density at radius 2 is 0.533 bits per heavy atom. The number of pyridine rings is 1. The van der Waals surface area contributed by atoms with Crippen molar-refractivity contribution in [2.75, 3.05) is 0 Å². The minimum absolute atomic E-state index is 0.620. The summed E-state index contributed by atoms with van der Waals surface area (Å²) in [6.45, 7) is 17.7. The maximum Gasteiger partial charge on any atom is 0.160 e. The Hall–Kier alpha value is -11.2. The third-order valence-electron chi connectivity index (χ3n) is 18.6. The van der Waals surface area contributed by atoms with Gasteiger partial charge in [0.15, 0.2) is 5.82 Å². The van der Waals surface area contributed by atoms with E-state index in [1.165, 1.54) is 87.6 Å². The van der Waals surface area contributed by atoms with Crippen LogP contribution >= 0.6 is 0 Å². The van der Waals surface area contributed by atoms with Gasteiger partial charge in [-0.15, -0.1) is 0 Å². The van der Waals surface area contributed by atoms with E-state index in [1.54, 1.807) is 0 Å². The Balaban J connectivity index is 1.27. The lowest BCUT2D eigenvalue weighted by Crippen LogP contribution is -2.17. The molecular weight excluding hydrogens is 1090 g/mol. The van der Waals surface area contributed by atoms with Crippen LogP contribution in [0.1, 0.15) is 44.5 Å². The highest BCUT2D eigenvalue weighted by Gasteiger charge is 2.37. The number of hydrogen-bond donors (Lipinski definition) is 0. The van der Waals surface area contributed by atoms with Crippen molar-refractivity contribution < 1.29 is 0 Å². The fraction of sp³-hybridized carbons (Fsp3) is 0.0964. The van der Waals surface area contributed by atoms with Crippen molar-refractivity contribution in [3.05, 3.63) is 281 Å². The molecule has 0 aliphatic heterocycles. The topological polar surface area (TPSA) is 58.4 Å². The SMILES string of the molecule is Cc1ccc2c(c1)c1cc(C)ccc1n2-c1c(-c2cccnc2)c(-c2cc(-c3ccccc3)nc(-c3ccccc3)n2)c(-n2c3ccc(C)cc3c3cc(C)ccc32)c(-n2c3ccc(C)cc3c3cc(C)ccc32)c1-n1c2ccc(C)cc2c2cc(C)ccc21. The predicted octanol–water partition coefficient (Wildman–Crippen LogP) is 21.4. The summed E-state index contributed by atoms with van der Waals surface area (Å²) < 4.78 is 10.4. The first-order valence-corrected chi connectivity index (χ1v) is 31.1. The first-order valence-electron chi connectivity index (χ1n) is 31.1. The van der Waals surface area contributed by atoms with Gasteiger partial charge in [-0.3, -0.25) is 4.98 Å². The average molecular weight is 1160 g/mol. The zero-order valence-corrected chi connectivity index (χ0v) is 51.6. The highest BCUT2D eigenvalue weighted by atomic mass is 15.1. The van der Waals surface area contributed by atoms with Gasteiger partial charge in [0.2, 0.25) is 0 Å². The van der Waals surface area contributed by atoms with Gasteiger partial charge in [0, 0.05) is 83.3 Å². The van der Waals surface area contributed by atoms with Gasteiger partial charge in [0.1, 0.15) is 0 Å². The van der Waals surface area contributed by atoms with E-state index >= 15 is 0 Å². The Bertz CT molecular complexity index is 5560. The molecule has 6 aromatic heterocycles. The minimum atomic E-state index is 0.620. The van der Waals surface area contributed by atoms with Gasteiger partial charge in [0.25, 0.3) is 0 Å². The number of rotatable bonds is 8. The van der Waals surface area contributed by atoms with Gasteiger partial charge in [0.05, 0.1) is 78.3 Å². The summed E-state index contributed by atoms with van der Waals surface area (Å²) in [4.78, 5) is 16.7. The number of nitrogens with zero attached hydrogens (tertiary/aromatic N) is 7. The molecule has 7 nitrogen and oxygen atoms in total. The van der Waals surface area contributed by atoms with Gasteiger partial charge in [-0.05, 0) is 165 Å². The van der Waals surface area contributed by atoms with Gasteiger partial charge in [-0.2, -0.15) is 0 Å². The van der Waals surface area contributed by atoms with Crippen molar-refractivity contribution >= 4 is 87.2 Å². The molecule has 7 heteroatoms. The molecule has 11 aromatic carbocycles. The second kappa shape index (κ2) is 20.2. The zero-order valence-electron chi connectivity index (χ0n) is 51.6. The van der Waals surface area contributed by atoms with E-state index in [9.17, 15) is 0 Å². The zero-order chi connectivity index (χ0) is 60.8. The van der Waals surface area contributed by atoms with Gasteiger partial charge >= 0.3 is 0 Å². The van der Waals surface area contributed by atoms with Crippen LogP contribution in [0.15, 0.2) is 237 Å². The van der Waals surface area contributed by atoms with Crippen molar-refractivity contribution in [2.24, 2.45) is 0 Å². The third kappa shape index (κ3) is 8.15. The van der Waals surface area contributed by atoms with Gasteiger partial charge < -0.3 is 18.3 Å². The van der Waals surface area contributed by atoms with E-state index in [4.69, 9.17) is 15.0 Å². The van der Waals surface area contributed by atoms with Crippen molar-refractivity contribution in [2.45, 2.75) is 55.4 Å². The van der Waals surface area contributed by atoms with E-state index in [1.807, 2.05) is 6.20 Å². The third-order valence-corrected chi connectivity index (χ3v) is 18.6. The van der Waals surface area contributed by atoms with Gasteiger partial charge in [-0.1, -0.05) is 160 Å². The lowest BCUT2D eigenvalue weighted by atomic mass is 9.90. The molecule has 17 aromatic rings. The number of aromatic nitrogens is 7. The fourth-order valence-electron chi connectivity index (χ4n) is 14.6. The van der Waals surface area contributed by atoms with Crippen LogP contribution in [-0.2, 0) is 0 Å². The van der Waals surface area contributed by atoms with Crippen LogP contribution in [0, 0.1) is 55.4 Å². The number of hydrogen-bond acceptors (Lipinski definition) is 3. The summed E-state index contributed by atoms with van der Waals surface area (Å²) in [5, 5.41) is 9.40. The second-order valence-electron chi connectivity index (χ2n) is 25.1. The summed E-state index contributed by atoms with van der Waals surface area (Å²) in [7, 11) is 0. The molecule has 0 aliphatic rings. The average Bonchev–Trinajstić information content (AvgIpc) is 1.41. The van der Waals surface area contributed by atoms with Crippen molar-refractivity contribution in [3.63, 3.8) is 0 Å². The van der Waals surface area contributed by atoms with Gasteiger partial charge in [-0.25, -0.2) is 9.97 Å². The molecule has 0 aliphatic carbocycles. The molecule has 0 radical (unpaired) electrons. The molecule has 0 saturated carbocycles. The molecule has 0 unspecified atom stereocenters. The second-order valence-corrected chi connectivity index (χ2v) is 25.1. The maximum absolute atomic E-state index is 6.03. The van der Waals surface area contributed by atoms with Crippen molar-refractivity contribution in [1.82, 2.24) is 33.2 Å². The Morgan fingerprint density at radius 1 is 0.244 bits per heavy atom. The van der Waals surface area contributed by atoms with Crippen LogP contribution in [0.5, 0.6) is 0 Å². The Morgan fingerprint density at radius 3 is 0.856 bits per heavy atom. The summed E-state index contributed by atoms with van der Waals surface area (Å²) in [6, 6.07) is 83.8. The molecule has 6 heterocycles. The predicted molar refractivity (Wildman–Crippen MR) is 377 cm³/mol. The van der Waals surface area contributed by atoms with Crippen molar-refractivity contribution in [1.29, 1.82) is 0 Å².